The van der Waals surface area contributed by atoms with Gasteiger partial charge in [0.15, 0.2) is 0 Å². The second-order valence-electron chi connectivity index (χ2n) is 6.02. The number of pyridine rings is 1. The van der Waals surface area contributed by atoms with E-state index >= 15 is 0 Å². The molecule has 1 aromatic rings. The van der Waals surface area contributed by atoms with Crippen molar-refractivity contribution in [3.8, 4) is 12.1 Å². The molecular formula is C17H22N6O. The van der Waals surface area contributed by atoms with Gasteiger partial charge in [0.05, 0.1) is 18.2 Å². The maximum absolute atomic E-state index is 12.3. The number of likely N-dealkylation sites (tertiary alicyclic amines) is 1. The zero-order valence-corrected chi connectivity index (χ0v) is 14.1. The number of carbonyl (C=O) groups is 1. The molecule has 0 aliphatic carbocycles. The lowest BCUT2D eigenvalue weighted by atomic mass is 10.2. The van der Waals surface area contributed by atoms with Crippen LogP contribution in [0.25, 0.3) is 0 Å². The summed E-state index contributed by atoms with van der Waals surface area (Å²) in [4.78, 5) is 22.1. The van der Waals surface area contributed by atoms with Crippen LogP contribution in [0, 0.1) is 22.7 Å². The van der Waals surface area contributed by atoms with Gasteiger partial charge in [0.1, 0.15) is 17.9 Å². The van der Waals surface area contributed by atoms with Crippen molar-refractivity contribution >= 4 is 11.7 Å². The molecule has 0 radical (unpaired) electrons. The predicted molar refractivity (Wildman–Crippen MR) is 90.1 cm³/mol. The van der Waals surface area contributed by atoms with Crippen LogP contribution in [0.2, 0.25) is 0 Å². The molecule has 1 aromatic heterocycles. The smallest absolute Gasteiger partial charge is 0.237 e. The van der Waals surface area contributed by atoms with Gasteiger partial charge in [-0.15, -0.1) is 0 Å². The Morgan fingerprint density at radius 3 is 2.92 bits per heavy atom. The van der Waals surface area contributed by atoms with Gasteiger partial charge in [-0.3, -0.25) is 9.69 Å². The zero-order chi connectivity index (χ0) is 17.5. The van der Waals surface area contributed by atoms with Crippen LogP contribution < -0.4 is 4.90 Å². The van der Waals surface area contributed by atoms with Crippen molar-refractivity contribution in [3.05, 3.63) is 23.9 Å². The molecule has 1 fully saturated rings. The zero-order valence-electron chi connectivity index (χ0n) is 14.1. The second kappa shape index (κ2) is 8.28. The van der Waals surface area contributed by atoms with Gasteiger partial charge >= 0.3 is 0 Å². The Hall–Kier alpha value is -2.64. The average molecular weight is 326 g/mol. The number of hydrogen-bond acceptors (Lipinski definition) is 6. The van der Waals surface area contributed by atoms with Gasteiger partial charge in [-0.2, -0.15) is 10.5 Å². The normalized spacial score (nSPS) is 16.7. The van der Waals surface area contributed by atoms with Gasteiger partial charge in [-0.05, 0) is 32.0 Å². The van der Waals surface area contributed by atoms with Crippen LogP contribution in [0.4, 0.5) is 5.82 Å². The summed E-state index contributed by atoms with van der Waals surface area (Å²) in [5, 5.41) is 18.2. The third-order valence-corrected chi connectivity index (χ3v) is 4.21. The maximum Gasteiger partial charge on any atom is 0.237 e. The Morgan fingerprint density at radius 1 is 1.42 bits per heavy atom. The fourth-order valence-corrected chi connectivity index (χ4v) is 2.82. The van der Waals surface area contributed by atoms with E-state index in [0.29, 0.717) is 37.6 Å². The number of nitriles is 2. The highest BCUT2D eigenvalue weighted by molar-refractivity contribution is 5.79. The van der Waals surface area contributed by atoms with Crippen molar-refractivity contribution in [2.45, 2.75) is 18.9 Å². The lowest BCUT2D eigenvalue weighted by molar-refractivity contribution is -0.132. The standard InChI is InChI=1S/C17H22N6O/c1-21(13-16(24)23-8-4-6-15(23)12-19)9-10-22(2)17-14(11-18)5-3-7-20-17/h3,5,7,15H,4,6,8-10,13H2,1-2H3/t15-/m0/s1. The van der Waals surface area contributed by atoms with Crippen LogP contribution in [0.1, 0.15) is 18.4 Å². The third-order valence-electron chi connectivity index (χ3n) is 4.21. The van der Waals surface area contributed by atoms with Crippen molar-refractivity contribution in [3.63, 3.8) is 0 Å². The molecule has 1 amide bonds. The molecule has 126 valence electrons. The molecule has 2 rings (SSSR count). The van der Waals surface area contributed by atoms with Crippen LogP contribution in [-0.4, -0.2) is 67.0 Å². The van der Waals surface area contributed by atoms with Crippen LogP contribution >= 0.6 is 0 Å². The van der Waals surface area contributed by atoms with Gasteiger partial charge < -0.3 is 9.80 Å². The topological polar surface area (TPSA) is 87.3 Å². The lowest BCUT2D eigenvalue weighted by Gasteiger charge is -2.26. The second-order valence-corrected chi connectivity index (χ2v) is 6.02. The van der Waals surface area contributed by atoms with Crippen molar-refractivity contribution in [2.24, 2.45) is 0 Å². The van der Waals surface area contributed by atoms with E-state index in [1.165, 1.54) is 0 Å². The van der Waals surface area contributed by atoms with Crippen LogP contribution in [0.3, 0.4) is 0 Å². The molecule has 1 aliphatic heterocycles. The minimum absolute atomic E-state index is 0.000229. The van der Waals surface area contributed by atoms with E-state index in [2.05, 4.69) is 17.1 Å². The Labute approximate surface area is 142 Å². The fourth-order valence-electron chi connectivity index (χ4n) is 2.82. The summed E-state index contributed by atoms with van der Waals surface area (Å²) < 4.78 is 0. The highest BCUT2D eigenvalue weighted by atomic mass is 16.2. The van der Waals surface area contributed by atoms with E-state index in [1.807, 2.05) is 23.9 Å². The number of anilines is 1. The van der Waals surface area contributed by atoms with Crippen molar-refractivity contribution < 1.29 is 4.79 Å². The van der Waals surface area contributed by atoms with Gasteiger partial charge in [0, 0.05) is 32.9 Å². The molecule has 0 bridgehead atoms. The summed E-state index contributed by atoms with van der Waals surface area (Å²) in [6.07, 6.45) is 3.33. The summed E-state index contributed by atoms with van der Waals surface area (Å²) in [6, 6.07) is 7.53. The summed E-state index contributed by atoms with van der Waals surface area (Å²) in [7, 11) is 3.76. The quantitative estimate of drug-likeness (QED) is 0.770. The number of nitrogens with zero attached hydrogens (tertiary/aromatic N) is 6. The van der Waals surface area contributed by atoms with Crippen molar-refractivity contribution in [1.29, 1.82) is 10.5 Å². The fraction of sp³-hybridized carbons (Fsp3) is 0.529. The molecule has 0 saturated carbocycles. The molecular weight excluding hydrogens is 304 g/mol. The molecule has 24 heavy (non-hydrogen) atoms. The molecule has 2 heterocycles. The van der Waals surface area contributed by atoms with E-state index in [-0.39, 0.29) is 11.9 Å². The summed E-state index contributed by atoms with van der Waals surface area (Å²) in [6.45, 7) is 2.27. The highest BCUT2D eigenvalue weighted by Crippen LogP contribution is 2.17. The number of hydrogen-bond donors (Lipinski definition) is 0. The Balaban J connectivity index is 1.85. The average Bonchev–Trinajstić information content (AvgIpc) is 3.08. The Bertz CT molecular complexity index is 662. The van der Waals surface area contributed by atoms with E-state index in [1.54, 1.807) is 23.2 Å². The predicted octanol–water partition coefficient (Wildman–Crippen LogP) is 0.836. The molecule has 0 spiro atoms. The van der Waals surface area contributed by atoms with Crippen molar-refractivity contribution in [1.82, 2.24) is 14.8 Å². The molecule has 1 aliphatic rings. The van der Waals surface area contributed by atoms with Crippen molar-refractivity contribution in [2.75, 3.05) is 45.2 Å². The summed E-state index contributed by atoms with van der Waals surface area (Å²) in [5.74, 6) is 0.642. The molecule has 0 unspecified atom stereocenters. The molecule has 1 saturated heterocycles. The highest BCUT2D eigenvalue weighted by Gasteiger charge is 2.28. The van der Waals surface area contributed by atoms with Crippen LogP contribution in [0.15, 0.2) is 18.3 Å². The first-order valence-corrected chi connectivity index (χ1v) is 8.00. The van der Waals surface area contributed by atoms with Gasteiger partial charge in [-0.25, -0.2) is 4.98 Å². The van der Waals surface area contributed by atoms with E-state index in [9.17, 15) is 4.79 Å². The monoisotopic (exact) mass is 326 g/mol. The number of carbonyl (C=O) groups excluding carboxylic acids is 1. The number of amides is 1. The number of likely N-dealkylation sites (N-methyl/N-ethyl adjacent to an activating group) is 2. The Kier molecular flexibility index (Phi) is 6.11. The van der Waals surface area contributed by atoms with E-state index in [0.717, 1.165) is 12.8 Å². The van der Waals surface area contributed by atoms with Crippen LogP contribution in [0.5, 0.6) is 0 Å². The summed E-state index contributed by atoms with van der Waals surface area (Å²) in [5.41, 5.74) is 0.535. The first-order chi connectivity index (χ1) is 11.6. The minimum atomic E-state index is -0.278. The van der Waals surface area contributed by atoms with Gasteiger partial charge in [0.25, 0.3) is 0 Å². The molecule has 7 nitrogen and oxygen atoms in total. The van der Waals surface area contributed by atoms with Crippen LogP contribution in [-0.2, 0) is 4.79 Å². The first-order valence-electron chi connectivity index (χ1n) is 8.00. The van der Waals surface area contributed by atoms with Gasteiger partial charge in [0.2, 0.25) is 5.91 Å². The van der Waals surface area contributed by atoms with E-state index in [4.69, 9.17) is 10.5 Å². The first kappa shape index (κ1) is 17.7. The lowest BCUT2D eigenvalue weighted by Crippen LogP contribution is -2.42. The van der Waals surface area contributed by atoms with E-state index < -0.39 is 0 Å². The Morgan fingerprint density at radius 2 is 2.21 bits per heavy atom. The maximum atomic E-state index is 12.3. The summed E-state index contributed by atoms with van der Waals surface area (Å²) >= 11 is 0. The largest absolute Gasteiger partial charge is 0.357 e. The molecule has 0 aromatic carbocycles. The number of rotatable bonds is 6. The minimum Gasteiger partial charge on any atom is -0.357 e. The molecule has 1 atom stereocenters. The third kappa shape index (κ3) is 4.21. The van der Waals surface area contributed by atoms with Gasteiger partial charge in [-0.1, -0.05) is 0 Å². The molecule has 7 heteroatoms. The number of aromatic nitrogens is 1. The molecule has 0 N–H and O–H groups in total. The SMILES string of the molecule is CN(CCN(C)c1ncccc1C#N)CC(=O)N1CCC[C@H]1C#N.